The number of rotatable bonds is 1. The van der Waals surface area contributed by atoms with Crippen molar-refractivity contribution < 1.29 is 14.3 Å². The molecule has 4 nitrogen and oxygen atoms in total. The van der Waals surface area contributed by atoms with Crippen LogP contribution in [-0.2, 0) is 9.53 Å². The Morgan fingerprint density at radius 2 is 1.95 bits per heavy atom. The van der Waals surface area contributed by atoms with Crippen LogP contribution in [0.5, 0.6) is 0 Å². The van der Waals surface area contributed by atoms with E-state index in [2.05, 4.69) is 6.92 Å². The summed E-state index contributed by atoms with van der Waals surface area (Å²) in [5.41, 5.74) is -1.16. The van der Waals surface area contributed by atoms with Gasteiger partial charge in [-0.2, -0.15) is 0 Å². The van der Waals surface area contributed by atoms with E-state index in [1.165, 1.54) is 0 Å². The van der Waals surface area contributed by atoms with E-state index in [9.17, 15) is 9.59 Å². The van der Waals surface area contributed by atoms with Crippen LogP contribution in [0.25, 0.3) is 0 Å². The van der Waals surface area contributed by atoms with E-state index < -0.39 is 5.60 Å². The number of carbonyl (C=O) groups is 2. The zero-order chi connectivity index (χ0) is 14.5. The van der Waals surface area contributed by atoms with E-state index in [1.54, 1.807) is 0 Å². The highest BCUT2D eigenvalue weighted by Gasteiger charge is 2.59. The highest BCUT2D eigenvalue weighted by molar-refractivity contribution is 5.86. The van der Waals surface area contributed by atoms with Crippen molar-refractivity contribution in [1.82, 2.24) is 4.90 Å². The lowest BCUT2D eigenvalue weighted by molar-refractivity contribution is -0.129. The summed E-state index contributed by atoms with van der Waals surface area (Å²) in [6.45, 7) is 9.71. The highest BCUT2D eigenvalue weighted by atomic mass is 16.6. The average molecular weight is 267 g/mol. The predicted molar refractivity (Wildman–Crippen MR) is 73.0 cm³/mol. The molecule has 2 atom stereocenters. The molecule has 0 spiro atoms. The lowest BCUT2D eigenvalue weighted by Gasteiger charge is -2.48. The van der Waals surface area contributed by atoms with Gasteiger partial charge in [-0.1, -0.05) is 6.92 Å². The van der Waals surface area contributed by atoms with Gasteiger partial charge < -0.3 is 4.74 Å². The summed E-state index contributed by atoms with van der Waals surface area (Å²) in [5, 5.41) is 0. The molecule has 0 N–H and O–H groups in total. The summed E-state index contributed by atoms with van der Waals surface area (Å²) >= 11 is 0. The van der Waals surface area contributed by atoms with Crippen LogP contribution in [0.1, 0.15) is 66.7 Å². The molecule has 2 aliphatic rings. The second-order valence-corrected chi connectivity index (χ2v) is 7.28. The molecule has 0 aromatic heterocycles. The number of hydrogen-bond acceptors (Lipinski definition) is 3. The molecule has 19 heavy (non-hydrogen) atoms. The number of Topliss-reactive ketones (excluding diaryl/α,β-unsaturated/α-hetero) is 1. The van der Waals surface area contributed by atoms with Gasteiger partial charge in [-0.3, -0.25) is 9.69 Å². The normalized spacial score (nSPS) is 34.6. The van der Waals surface area contributed by atoms with E-state index in [-0.39, 0.29) is 23.0 Å². The Hall–Kier alpha value is -1.06. The molecule has 1 unspecified atom stereocenters. The van der Waals surface area contributed by atoms with Crippen LogP contribution in [0, 0.1) is 0 Å². The molecule has 2 saturated heterocycles. The number of ketones is 1. The van der Waals surface area contributed by atoms with Gasteiger partial charge >= 0.3 is 6.09 Å². The van der Waals surface area contributed by atoms with Crippen LogP contribution in [0.4, 0.5) is 4.79 Å². The fourth-order valence-electron chi connectivity index (χ4n) is 3.67. The molecule has 0 aromatic rings. The Morgan fingerprint density at radius 3 is 2.47 bits per heavy atom. The second-order valence-electron chi connectivity index (χ2n) is 7.28. The first-order chi connectivity index (χ1) is 8.62. The third kappa shape index (κ3) is 2.37. The molecular formula is C15H25NO3. The van der Waals surface area contributed by atoms with Crippen molar-refractivity contribution in [3.8, 4) is 0 Å². The molecule has 4 heteroatoms. The molecule has 2 fully saturated rings. The predicted octanol–water partition coefficient (Wildman–Crippen LogP) is 3.29. The minimum absolute atomic E-state index is 0.262. The summed E-state index contributed by atoms with van der Waals surface area (Å²) in [4.78, 5) is 26.4. The molecule has 2 heterocycles. The van der Waals surface area contributed by atoms with Crippen molar-refractivity contribution in [3.05, 3.63) is 0 Å². The summed E-state index contributed by atoms with van der Waals surface area (Å²) in [5.74, 6) is 0.279. The minimum Gasteiger partial charge on any atom is -0.444 e. The van der Waals surface area contributed by atoms with Gasteiger partial charge in [0.2, 0.25) is 0 Å². The molecule has 0 aromatic carbocycles. The maximum Gasteiger partial charge on any atom is 0.411 e. The van der Waals surface area contributed by atoms with Gasteiger partial charge in [0, 0.05) is 12.8 Å². The molecule has 2 bridgehead atoms. The number of hydrogen-bond donors (Lipinski definition) is 0. The SMILES string of the molecule is CCC12CC[C@](C)(CC(=O)C1)N2C(=O)OC(C)(C)C. The highest BCUT2D eigenvalue weighted by Crippen LogP contribution is 2.51. The van der Waals surface area contributed by atoms with E-state index in [0.717, 1.165) is 19.3 Å². The molecule has 0 radical (unpaired) electrons. The Balaban J connectivity index is 2.32. The van der Waals surface area contributed by atoms with Crippen LogP contribution in [-0.4, -0.2) is 33.5 Å². The second kappa shape index (κ2) is 4.22. The summed E-state index contributed by atoms with van der Waals surface area (Å²) < 4.78 is 5.56. The number of ether oxygens (including phenoxy) is 1. The van der Waals surface area contributed by atoms with E-state index in [4.69, 9.17) is 4.74 Å². The van der Waals surface area contributed by atoms with Gasteiger partial charge in [-0.05, 0) is 47.0 Å². The number of fused-ring (bicyclic) bond motifs is 2. The van der Waals surface area contributed by atoms with Crippen molar-refractivity contribution in [2.24, 2.45) is 0 Å². The topological polar surface area (TPSA) is 46.6 Å². The van der Waals surface area contributed by atoms with Crippen molar-refractivity contribution in [2.45, 2.75) is 83.4 Å². The van der Waals surface area contributed by atoms with Crippen LogP contribution in [0.15, 0.2) is 0 Å². The van der Waals surface area contributed by atoms with Crippen LogP contribution < -0.4 is 0 Å². The standard InChI is InChI=1S/C15H25NO3/c1-6-15-8-7-14(5,9-11(17)10-15)16(15)12(18)19-13(2,3)4/h6-10H2,1-5H3/t14-,15?/m1/s1. The Kier molecular flexibility index (Phi) is 3.19. The quantitative estimate of drug-likeness (QED) is 0.732. The number of amides is 1. The van der Waals surface area contributed by atoms with Gasteiger partial charge in [-0.15, -0.1) is 0 Å². The maximum absolute atomic E-state index is 12.5. The van der Waals surface area contributed by atoms with Gasteiger partial charge in [-0.25, -0.2) is 4.79 Å². The van der Waals surface area contributed by atoms with Crippen LogP contribution in [0.3, 0.4) is 0 Å². The molecule has 2 aliphatic heterocycles. The maximum atomic E-state index is 12.5. The fraction of sp³-hybridized carbons (Fsp3) is 0.867. The molecular weight excluding hydrogens is 242 g/mol. The van der Waals surface area contributed by atoms with Crippen LogP contribution in [0.2, 0.25) is 0 Å². The Labute approximate surface area is 115 Å². The number of nitrogens with zero attached hydrogens (tertiary/aromatic N) is 1. The average Bonchev–Trinajstić information content (AvgIpc) is 2.42. The number of piperidine rings is 1. The first-order valence-electron chi connectivity index (χ1n) is 7.17. The van der Waals surface area contributed by atoms with Crippen molar-refractivity contribution in [3.63, 3.8) is 0 Å². The lowest BCUT2D eigenvalue weighted by Crippen LogP contribution is -2.61. The smallest absolute Gasteiger partial charge is 0.411 e. The van der Waals surface area contributed by atoms with Gasteiger partial charge in [0.15, 0.2) is 0 Å². The Morgan fingerprint density at radius 1 is 1.32 bits per heavy atom. The van der Waals surface area contributed by atoms with Gasteiger partial charge in [0.05, 0.1) is 11.1 Å². The van der Waals surface area contributed by atoms with Gasteiger partial charge in [0.1, 0.15) is 11.4 Å². The third-order valence-corrected chi connectivity index (χ3v) is 4.48. The fourth-order valence-corrected chi connectivity index (χ4v) is 3.67. The first-order valence-corrected chi connectivity index (χ1v) is 7.17. The zero-order valence-electron chi connectivity index (χ0n) is 12.7. The summed E-state index contributed by atoms with van der Waals surface area (Å²) in [6.07, 6.45) is 3.30. The Bertz CT molecular complexity index is 412. The van der Waals surface area contributed by atoms with Crippen LogP contribution >= 0.6 is 0 Å². The lowest BCUT2D eigenvalue weighted by atomic mass is 9.82. The molecule has 108 valence electrons. The summed E-state index contributed by atoms with van der Waals surface area (Å²) in [6, 6.07) is 0. The largest absolute Gasteiger partial charge is 0.444 e. The number of carbonyl (C=O) groups excluding carboxylic acids is 2. The molecule has 1 amide bonds. The monoisotopic (exact) mass is 267 g/mol. The van der Waals surface area contributed by atoms with Crippen molar-refractivity contribution in [1.29, 1.82) is 0 Å². The summed E-state index contributed by atoms with van der Waals surface area (Å²) in [7, 11) is 0. The van der Waals surface area contributed by atoms with E-state index in [0.29, 0.717) is 12.8 Å². The molecule has 2 rings (SSSR count). The van der Waals surface area contributed by atoms with Crippen molar-refractivity contribution in [2.75, 3.05) is 0 Å². The third-order valence-electron chi connectivity index (χ3n) is 4.48. The van der Waals surface area contributed by atoms with Gasteiger partial charge in [0.25, 0.3) is 0 Å². The van der Waals surface area contributed by atoms with E-state index in [1.807, 2.05) is 32.6 Å². The van der Waals surface area contributed by atoms with Crippen molar-refractivity contribution >= 4 is 11.9 Å². The van der Waals surface area contributed by atoms with E-state index >= 15 is 0 Å². The first kappa shape index (κ1) is 14.4. The molecule has 0 saturated carbocycles. The molecule has 0 aliphatic carbocycles. The zero-order valence-corrected chi connectivity index (χ0v) is 12.7. The minimum atomic E-state index is -0.497.